The molecule has 74 valence electrons. The molecule has 2 rings (SSSR count). The van der Waals surface area contributed by atoms with Crippen LogP contribution in [-0.4, -0.2) is 19.6 Å². The third-order valence-corrected chi connectivity index (χ3v) is 2.42. The molecule has 5 heteroatoms. The normalized spacial score (nSPS) is 11.1. The van der Waals surface area contributed by atoms with Crippen molar-refractivity contribution >= 4 is 11.7 Å². The van der Waals surface area contributed by atoms with Crippen molar-refractivity contribution in [1.29, 1.82) is 0 Å². The number of fused-ring (bicyclic) bond motifs is 1. The first-order valence-electron chi connectivity index (χ1n) is 4.61. The number of hydrogen-bond acceptors (Lipinski definition) is 4. The molecule has 0 aliphatic carbocycles. The first kappa shape index (κ1) is 8.93. The highest BCUT2D eigenvalue weighted by Crippen LogP contribution is 2.14. The Morgan fingerprint density at radius 2 is 2.00 bits per heavy atom. The number of nitrogens with zero attached hydrogens (tertiary/aromatic N) is 4. The highest BCUT2D eigenvalue weighted by molar-refractivity contribution is 5.40. The minimum atomic E-state index is 0.272. The standard InChI is InChI=1S/C9H13N5/c1-4-7-5(2)11-9-12-8(10)13-14(9)6(7)3/h4H2,1-3H3,(H2,10,13). The molecule has 0 aliphatic heterocycles. The number of hydrogen-bond donors (Lipinski definition) is 1. The van der Waals surface area contributed by atoms with Crippen molar-refractivity contribution in [3.05, 3.63) is 17.0 Å². The van der Waals surface area contributed by atoms with Crippen molar-refractivity contribution in [2.75, 3.05) is 5.73 Å². The maximum atomic E-state index is 5.52. The first-order valence-corrected chi connectivity index (χ1v) is 4.61. The van der Waals surface area contributed by atoms with Gasteiger partial charge < -0.3 is 5.73 Å². The first-order chi connectivity index (χ1) is 6.63. The summed E-state index contributed by atoms with van der Waals surface area (Å²) in [6.07, 6.45) is 0.945. The van der Waals surface area contributed by atoms with Crippen LogP contribution in [0.25, 0.3) is 5.78 Å². The van der Waals surface area contributed by atoms with Gasteiger partial charge in [-0.05, 0) is 25.8 Å². The molecule has 0 unspecified atom stereocenters. The van der Waals surface area contributed by atoms with Gasteiger partial charge in [-0.1, -0.05) is 6.92 Å². The minimum Gasteiger partial charge on any atom is -0.366 e. The topological polar surface area (TPSA) is 69.1 Å². The highest BCUT2D eigenvalue weighted by Gasteiger charge is 2.10. The van der Waals surface area contributed by atoms with Gasteiger partial charge in [-0.15, -0.1) is 5.10 Å². The van der Waals surface area contributed by atoms with E-state index in [2.05, 4.69) is 22.0 Å². The largest absolute Gasteiger partial charge is 0.366 e. The average molecular weight is 191 g/mol. The third kappa shape index (κ3) is 1.13. The van der Waals surface area contributed by atoms with Crippen LogP contribution in [0.15, 0.2) is 0 Å². The van der Waals surface area contributed by atoms with E-state index >= 15 is 0 Å². The Hall–Kier alpha value is -1.65. The van der Waals surface area contributed by atoms with Gasteiger partial charge in [0.15, 0.2) is 0 Å². The number of anilines is 1. The number of nitrogens with two attached hydrogens (primary N) is 1. The Bertz CT molecular complexity index is 485. The van der Waals surface area contributed by atoms with Crippen LogP contribution >= 0.6 is 0 Å². The molecule has 2 aromatic heterocycles. The molecule has 0 spiro atoms. The van der Waals surface area contributed by atoms with E-state index in [1.807, 2.05) is 13.8 Å². The number of nitrogen functional groups attached to an aromatic ring is 1. The van der Waals surface area contributed by atoms with Crippen molar-refractivity contribution in [2.24, 2.45) is 0 Å². The van der Waals surface area contributed by atoms with E-state index in [0.717, 1.165) is 17.8 Å². The molecular formula is C9H13N5. The van der Waals surface area contributed by atoms with Gasteiger partial charge in [-0.25, -0.2) is 4.98 Å². The van der Waals surface area contributed by atoms with E-state index < -0.39 is 0 Å². The fourth-order valence-corrected chi connectivity index (χ4v) is 1.74. The summed E-state index contributed by atoms with van der Waals surface area (Å²) in [5, 5.41) is 4.08. The van der Waals surface area contributed by atoms with Gasteiger partial charge in [0, 0.05) is 11.4 Å². The highest BCUT2D eigenvalue weighted by atomic mass is 15.4. The Morgan fingerprint density at radius 3 is 2.64 bits per heavy atom. The molecule has 0 aliphatic rings. The van der Waals surface area contributed by atoms with Crippen LogP contribution < -0.4 is 5.73 Å². The summed E-state index contributed by atoms with van der Waals surface area (Å²) in [5.41, 5.74) is 8.80. The van der Waals surface area contributed by atoms with E-state index in [9.17, 15) is 0 Å². The Balaban J connectivity index is 2.84. The van der Waals surface area contributed by atoms with Gasteiger partial charge in [0.05, 0.1) is 0 Å². The fraction of sp³-hybridized carbons (Fsp3) is 0.444. The van der Waals surface area contributed by atoms with Gasteiger partial charge in [-0.3, -0.25) is 0 Å². The molecule has 2 heterocycles. The van der Waals surface area contributed by atoms with Crippen molar-refractivity contribution in [2.45, 2.75) is 27.2 Å². The molecule has 2 N–H and O–H groups in total. The third-order valence-electron chi connectivity index (χ3n) is 2.42. The van der Waals surface area contributed by atoms with Crippen LogP contribution in [0.2, 0.25) is 0 Å². The van der Waals surface area contributed by atoms with Gasteiger partial charge >= 0.3 is 0 Å². The second kappa shape index (κ2) is 2.94. The van der Waals surface area contributed by atoms with Crippen molar-refractivity contribution in [3.63, 3.8) is 0 Å². The summed E-state index contributed by atoms with van der Waals surface area (Å²) in [6.45, 7) is 6.09. The zero-order chi connectivity index (χ0) is 10.3. The number of aryl methyl sites for hydroxylation is 2. The van der Waals surface area contributed by atoms with Crippen LogP contribution in [0, 0.1) is 13.8 Å². The molecule has 14 heavy (non-hydrogen) atoms. The lowest BCUT2D eigenvalue weighted by molar-refractivity contribution is 0.852. The Labute approximate surface area is 82.0 Å². The molecule has 0 fully saturated rings. The molecule has 2 aromatic rings. The summed E-state index contributed by atoms with van der Waals surface area (Å²) in [4.78, 5) is 8.37. The summed E-state index contributed by atoms with van der Waals surface area (Å²) in [7, 11) is 0. The smallest absolute Gasteiger partial charge is 0.254 e. The quantitative estimate of drug-likeness (QED) is 0.726. The lowest BCUT2D eigenvalue weighted by Crippen LogP contribution is -2.04. The monoisotopic (exact) mass is 191 g/mol. The number of aromatic nitrogens is 4. The Morgan fingerprint density at radius 1 is 1.29 bits per heavy atom. The zero-order valence-electron chi connectivity index (χ0n) is 8.57. The van der Waals surface area contributed by atoms with Gasteiger partial charge in [0.2, 0.25) is 5.95 Å². The molecule has 0 aromatic carbocycles. The summed E-state index contributed by atoms with van der Waals surface area (Å²) in [6, 6.07) is 0. The molecule has 0 radical (unpaired) electrons. The second-order valence-electron chi connectivity index (χ2n) is 3.30. The van der Waals surface area contributed by atoms with Crippen molar-refractivity contribution < 1.29 is 0 Å². The van der Waals surface area contributed by atoms with Gasteiger partial charge in [-0.2, -0.15) is 9.50 Å². The molecule has 0 amide bonds. The van der Waals surface area contributed by atoms with Crippen LogP contribution in [0.5, 0.6) is 0 Å². The Kier molecular flexibility index (Phi) is 1.87. The van der Waals surface area contributed by atoms with Crippen LogP contribution in [-0.2, 0) is 6.42 Å². The fourth-order valence-electron chi connectivity index (χ4n) is 1.74. The van der Waals surface area contributed by atoms with E-state index in [4.69, 9.17) is 5.73 Å². The predicted octanol–water partition coefficient (Wildman–Crippen LogP) is 0.886. The van der Waals surface area contributed by atoms with Crippen LogP contribution in [0.3, 0.4) is 0 Å². The van der Waals surface area contributed by atoms with Gasteiger partial charge in [0.25, 0.3) is 5.78 Å². The zero-order valence-corrected chi connectivity index (χ0v) is 8.57. The SMILES string of the molecule is CCc1c(C)nc2nc(N)nn2c1C. The van der Waals surface area contributed by atoms with Crippen LogP contribution in [0.4, 0.5) is 5.95 Å². The van der Waals surface area contributed by atoms with Crippen molar-refractivity contribution in [1.82, 2.24) is 19.6 Å². The maximum Gasteiger partial charge on any atom is 0.254 e. The summed E-state index contributed by atoms with van der Waals surface area (Å²) < 4.78 is 1.70. The molecule has 0 saturated carbocycles. The molecule has 5 nitrogen and oxygen atoms in total. The predicted molar refractivity (Wildman–Crippen MR) is 54.0 cm³/mol. The summed E-state index contributed by atoms with van der Waals surface area (Å²) in [5.74, 6) is 0.850. The average Bonchev–Trinajstić information content (AvgIpc) is 2.47. The minimum absolute atomic E-state index is 0.272. The van der Waals surface area contributed by atoms with Crippen LogP contribution in [0.1, 0.15) is 23.9 Å². The molecular weight excluding hydrogens is 178 g/mol. The molecule has 0 atom stereocenters. The summed E-state index contributed by atoms with van der Waals surface area (Å²) >= 11 is 0. The van der Waals surface area contributed by atoms with E-state index in [-0.39, 0.29) is 5.95 Å². The van der Waals surface area contributed by atoms with E-state index in [0.29, 0.717) is 5.78 Å². The molecule has 0 bridgehead atoms. The number of rotatable bonds is 1. The molecule has 0 saturated heterocycles. The lowest BCUT2D eigenvalue weighted by Gasteiger charge is -2.06. The maximum absolute atomic E-state index is 5.52. The van der Waals surface area contributed by atoms with E-state index in [1.165, 1.54) is 5.56 Å². The second-order valence-corrected chi connectivity index (χ2v) is 3.30. The lowest BCUT2D eigenvalue weighted by atomic mass is 10.1. The van der Waals surface area contributed by atoms with Crippen molar-refractivity contribution in [3.8, 4) is 0 Å². The van der Waals surface area contributed by atoms with Gasteiger partial charge in [0.1, 0.15) is 0 Å². The van der Waals surface area contributed by atoms with E-state index in [1.54, 1.807) is 4.52 Å².